The van der Waals surface area contributed by atoms with Gasteiger partial charge in [0.25, 0.3) is 8.32 Å². The zero-order valence-electron chi connectivity index (χ0n) is 24.1. The van der Waals surface area contributed by atoms with E-state index in [1.165, 1.54) is 12.1 Å². The first-order valence-corrected chi connectivity index (χ1v) is 16.6. The van der Waals surface area contributed by atoms with Crippen molar-refractivity contribution in [1.29, 1.82) is 0 Å². The number of esters is 1. The number of anilines is 1. The first kappa shape index (κ1) is 33.5. The molecule has 0 bridgehead atoms. The molecule has 2 rings (SSSR count). The number of alkyl halides is 3. The van der Waals surface area contributed by atoms with E-state index in [2.05, 4.69) is 46.5 Å². The molecule has 0 saturated carbocycles. The summed E-state index contributed by atoms with van der Waals surface area (Å²) in [6, 6.07) is 4.57. The van der Waals surface area contributed by atoms with Crippen LogP contribution in [0.5, 0.6) is 0 Å². The monoisotopic (exact) mass is 621 g/mol. The van der Waals surface area contributed by atoms with E-state index in [-0.39, 0.29) is 18.4 Å². The molecule has 12 heteroatoms. The average molecular weight is 623 g/mol. The Labute approximate surface area is 249 Å². The summed E-state index contributed by atoms with van der Waals surface area (Å²) in [6.45, 7) is 14.9. The Morgan fingerprint density at radius 2 is 1.69 bits per heavy atom. The molecule has 1 amide bonds. The number of nitrogens with zero attached hydrogens (tertiary/aromatic N) is 3. The summed E-state index contributed by atoms with van der Waals surface area (Å²) in [5, 5.41) is 3.26. The van der Waals surface area contributed by atoms with Crippen molar-refractivity contribution in [2.45, 2.75) is 100 Å². The maximum absolute atomic E-state index is 13.6. The maximum Gasteiger partial charge on any atom is 0.429 e. The number of hydrogen-bond donors (Lipinski definition) is 0. The van der Waals surface area contributed by atoms with Crippen molar-refractivity contribution in [1.82, 2.24) is 9.99 Å². The van der Waals surface area contributed by atoms with Gasteiger partial charge in [-0.3, -0.25) is 9.80 Å². The lowest BCUT2D eigenvalue weighted by molar-refractivity contribution is -0.140. The Bertz CT molecular complexity index is 967. The largest absolute Gasteiger partial charge is 0.544 e. The van der Waals surface area contributed by atoms with E-state index in [4.69, 9.17) is 48.7 Å². The third-order valence-electron chi connectivity index (χ3n) is 7.22. The van der Waals surface area contributed by atoms with Gasteiger partial charge in [0, 0.05) is 12.6 Å². The molecule has 220 valence electrons. The van der Waals surface area contributed by atoms with Crippen LogP contribution in [0.2, 0.25) is 16.6 Å². The second-order valence-electron chi connectivity index (χ2n) is 10.7. The summed E-state index contributed by atoms with van der Waals surface area (Å²) in [5.74, 6) is 0.989. The number of carbonyl (C=O) groups excluding carboxylic acids is 2. The molecular weight excluding hydrogens is 581 g/mol. The molecular formula is C27H42Cl3N3O5Si. The first-order valence-electron chi connectivity index (χ1n) is 13.4. The smallest absolute Gasteiger partial charge is 0.429 e. The van der Waals surface area contributed by atoms with Gasteiger partial charge in [0.15, 0.2) is 0 Å². The van der Waals surface area contributed by atoms with Crippen LogP contribution in [-0.2, 0) is 18.7 Å². The van der Waals surface area contributed by atoms with Crippen LogP contribution in [0.1, 0.15) is 67.7 Å². The van der Waals surface area contributed by atoms with Crippen LogP contribution in [0, 0.1) is 0 Å². The number of methoxy groups -OCH3 is 1. The van der Waals surface area contributed by atoms with Crippen LogP contribution in [0.3, 0.4) is 0 Å². The van der Waals surface area contributed by atoms with E-state index in [0.29, 0.717) is 35.3 Å². The van der Waals surface area contributed by atoms with Gasteiger partial charge in [-0.25, -0.2) is 14.8 Å². The topological polar surface area (TPSA) is 81.2 Å². The van der Waals surface area contributed by atoms with Gasteiger partial charge in [0.1, 0.15) is 24.2 Å². The van der Waals surface area contributed by atoms with E-state index in [1.807, 2.05) is 25.1 Å². The van der Waals surface area contributed by atoms with Crippen molar-refractivity contribution >= 4 is 61.0 Å². The predicted molar refractivity (Wildman–Crippen MR) is 160 cm³/mol. The SMILES string of the molecule is COC(=O)CCC[C@@H]1C=C(O[Si](C(C)C)(C(C)C)C(C)C)[C@H](C)N(c2ccccn2)N1C(=O)OCC(Cl)(Cl)Cl. The maximum atomic E-state index is 13.6. The predicted octanol–water partition coefficient (Wildman–Crippen LogP) is 7.80. The number of hydrogen-bond acceptors (Lipinski definition) is 7. The third-order valence-corrected chi connectivity index (χ3v) is 13.6. The quantitative estimate of drug-likeness (QED) is 0.141. The van der Waals surface area contributed by atoms with Crippen LogP contribution in [0.25, 0.3) is 0 Å². The molecule has 0 aromatic carbocycles. The van der Waals surface area contributed by atoms with Crippen LogP contribution in [-0.4, -0.2) is 60.0 Å². The number of rotatable bonds is 11. The number of aromatic nitrogens is 1. The average Bonchev–Trinajstić information content (AvgIpc) is 2.86. The van der Waals surface area contributed by atoms with E-state index < -0.39 is 30.9 Å². The second kappa shape index (κ2) is 14.3. The highest BCUT2D eigenvalue weighted by Crippen LogP contribution is 2.45. The van der Waals surface area contributed by atoms with Crippen molar-refractivity contribution in [3.05, 3.63) is 36.2 Å². The summed E-state index contributed by atoms with van der Waals surface area (Å²) >= 11 is 17.7. The normalized spacial score (nSPS) is 18.5. The van der Waals surface area contributed by atoms with E-state index in [1.54, 1.807) is 17.3 Å². The third kappa shape index (κ3) is 8.41. The minimum atomic E-state index is -2.34. The van der Waals surface area contributed by atoms with Crippen LogP contribution in [0.15, 0.2) is 36.2 Å². The van der Waals surface area contributed by atoms with Gasteiger partial charge in [0.05, 0.1) is 13.2 Å². The molecule has 8 nitrogen and oxygen atoms in total. The Kier molecular flexibility index (Phi) is 12.3. The summed E-state index contributed by atoms with van der Waals surface area (Å²) in [4.78, 5) is 30.0. The van der Waals surface area contributed by atoms with E-state index >= 15 is 0 Å². The molecule has 39 heavy (non-hydrogen) atoms. The second-order valence-corrected chi connectivity index (χ2v) is 18.6. The number of pyridine rings is 1. The van der Waals surface area contributed by atoms with E-state index in [9.17, 15) is 9.59 Å². The minimum absolute atomic E-state index is 0.204. The van der Waals surface area contributed by atoms with Crippen LogP contribution in [0.4, 0.5) is 10.6 Å². The molecule has 1 aromatic heterocycles. The summed E-state index contributed by atoms with van der Waals surface area (Å²) in [7, 11) is -0.983. The summed E-state index contributed by atoms with van der Waals surface area (Å²) in [5.41, 5.74) is 1.04. The van der Waals surface area contributed by atoms with Crippen molar-refractivity contribution in [2.24, 2.45) is 0 Å². The van der Waals surface area contributed by atoms with Gasteiger partial charge < -0.3 is 13.9 Å². The fraction of sp³-hybridized carbons (Fsp3) is 0.667. The zero-order valence-corrected chi connectivity index (χ0v) is 27.4. The highest BCUT2D eigenvalue weighted by molar-refractivity contribution is 6.77. The van der Waals surface area contributed by atoms with Gasteiger partial charge in [-0.05, 0) is 54.6 Å². The van der Waals surface area contributed by atoms with Crippen LogP contribution < -0.4 is 5.01 Å². The van der Waals surface area contributed by atoms with Crippen molar-refractivity contribution in [3.8, 4) is 0 Å². The summed E-state index contributed by atoms with van der Waals surface area (Å²) < 4.78 is 15.6. The van der Waals surface area contributed by atoms with Gasteiger partial charge in [0.2, 0.25) is 3.79 Å². The highest BCUT2D eigenvalue weighted by atomic mass is 35.6. The Balaban J connectivity index is 2.64. The lowest BCUT2D eigenvalue weighted by atomic mass is 10.0. The molecule has 2 atom stereocenters. The minimum Gasteiger partial charge on any atom is -0.544 e. The Morgan fingerprint density at radius 3 is 2.18 bits per heavy atom. The molecule has 0 aliphatic carbocycles. The van der Waals surface area contributed by atoms with Gasteiger partial charge in [-0.15, -0.1) is 0 Å². The Hall–Kier alpha value is -1.68. The highest BCUT2D eigenvalue weighted by Gasteiger charge is 2.50. The number of hydrazine groups is 1. The Morgan fingerprint density at radius 1 is 1.08 bits per heavy atom. The molecule has 0 fully saturated rings. The molecule has 0 N–H and O–H groups in total. The standard InChI is InChI=1S/C27H42Cl3N3O5Si/c1-18(2)39(19(3)4,20(5)6)38-23-16-22(12-11-14-25(34)36-8)33(26(35)37-17-27(28,29)30)32(21(23)7)24-13-9-10-15-31-24/h9-10,13,15-16,18-22H,11-12,14,17H2,1-8H3/t21-,22+/m0/s1. The number of halogens is 3. The number of carbonyl (C=O) groups is 2. The molecule has 1 aliphatic heterocycles. The fourth-order valence-corrected chi connectivity index (χ4v) is 11.1. The molecule has 1 aromatic rings. The van der Waals surface area contributed by atoms with Crippen molar-refractivity contribution < 1.29 is 23.5 Å². The lowest BCUT2D eigenvalue weighted by Gasteiger charge is -2.50. The number of amides is 1. The van der Waals surface area contributed by atoms with Gasteiger partial charge in [-0.1, -0.05) is 82.4 Å². The molecule has 0 radical (unpaired) electrons. The van der Waals surface area contributed by atoms with Gasteiger partial charge in [-0.2, -0.15) is 0 Å². The van der Waals surface area contributed by atoms with Gasteiger partial charge >= 0.3 is 12.1 Å². The molecule has 2 heterocycles. The molecule has 1 aliphatic rings. The van der Waals surface area contributed by atoms with Crippen molar-refractivity contribution in [2.75, 3.05) is 18.7 Å². The first-order chi connectivity index (χ1) is 18.2. The molecule has 0 saturated heterocycles. The fourth-order valence-electron chi connectivity index (χ4n) is 5.54. The number of ether oxygens (including phenoxy) is 2. The lowest BCUT2D eigenvalue weighted by Crippen LogP contribution is -2.61. The van der Waals surface area contributed by atoms with E-state index in [0.717, 1.165) is 5.76 Å². The van der Waals surface area contributed by atoms with Crippen LogP contribution >= 0.6 is 34.8 Å². The van der Waals surface area contributed by atoms with Crippen molar-refractivity contribution in [3.63, 3.8) is 0 Å². The molecule has 0 unspecified atom stereocenters. The molecule has 0 spiro atoms. The zero-order chi connectivity index (χ0) is 29.5. The summed E-state index contributed by atoms with van der Waals surface area (Å²) in [6.07, 6.45) is 4.06.